The van der Waals surface area contributed by atoms with Crippen LogP contribution >= 0.6 is 0 Å². The zero-order chi connectivity index (χ0) is 12.4. The fourth-order valence-electron chi connectivity index (χ4n) is 1.44. The highest BCUT2D eigenvalue weighted by Gasteiger charge is 2.09. The fraction of sp³-hybridized carbons (Fsp3) is 0.250. The summed E-state index contributed by atoms with van der Waals surface area (Å²) in [7, 11) is 1.75. The summed E-state index contributed by atoms with van der Waals surface area (Å²) >= 11 is 0. The molecule has 1 aromatic heterocycles. The summed E-state index contributed by atoms with van der Waals surface area (Å²) in [5, 5.41) is 13.2. The molecule has 0 spiro atoms. The van der Waals surface area contributed by atoms with Gasteiger partial charge in [-0.2, -0.15) is 5.10 Å². The number of aliphatic hydroxyl groups is 1. The third-order valence-electron chi connectivity index (χ3n) is 2.35. The molecular weight excluding hydrogens is 223 g/mol. The summed E-state index contributed by atoms with van der Waals surface area (Å²) in [6, 6.07) is 4.38. The number of ether oxygens (including phenoxy) is 1. The maximum Gasteiger partial charge on any atom is 0.166 e. The molecule has 0 fully saturated rings. The highest BCUT2D eigenvalue weighted by Crippen LogP contribution is 2.26. The molecule has 1 atom stereocenters. The van der Waals surface area contributed by atoms with E-state index in [9.17, 15) is 9.50 Å². The molecule has 0 saturated heterocycles. The maximum atomic E-state index is 13.6. The molecule has 5 heteroatoms. The van der Waals surface area contributed by atoms with Crippen molar-refractivity contribution >= 4 is 0 Å². The van der Waals surface area contributed by atoms with E-state index in [1.54, 1.807) is 30.9 Å². The molecule has 1 aromatic carbocycles. The Kier molecular flexibility index (Phi) is 3.10. The Morgan fingerprint density at radius 1 is 1.47 bits per heavy atom. The van der Waals surface area contributed by atoms with E-state index in [0.717, 1.165) is 0 Å². The highest BCUT2D eigenvalue weighted by molar-refractivity contribution is 5.33. The van der Waals surface area contributed by atoms with Gasteiger partial charge in [-0.25, -0.2) is 4.39 Å². The first-order valence-corrected chi connectivity index (χ1v) is 5.20. The zero-order valence-corrected chi connectivity index (χ0v) is 9.59. The quantitative estimate of drug-likeness (QED) is 0.890. The van der Waals surface area contributed by atoms with Gasteiger partial charge >= 0.3 is 0 Å². The molecular formula is C12H13FN2O2. The van der Waals surface area contributed by atoms with Gasteiger partial charge in [-0.05, 0) is 24.6 Å². The van der Waals surface area contributed by atoms with Crippen LogP contribution in [0.5, 0.6) is 11.5 Å². The lowest BCUT2D eigenvalue weighted by atomic mass is 10.1. The molecule has 17 heavy (non-hydrogen) atoms. The lowest BCUT2D eigenvalue weighted by molar-refractivity contribution is 0.198. The maximum absolute atomic E-state index is 13.6. The number of hydrogen-bond acceptors (Lipinski definition) is 3. The van der Waals surface area contributed by atoms with E-state index in [1.807, 2.05) is 0 Å². The Morgan fingerprint density at radius 2 is 2.24 bits per heavy atom. The van der Waals surface area contributed by atoms with Gasteiger partial charge < -0.3 is 9.84 Å². The van der Waals surface area contributed by atoms with Crippen LogP contribution in [-0.4, -0.2) is 14.9 Å². The second kappa shape index (κ2) is 4.55. The van der Waals surface area contributed by atoms with Gasteiger partial charge in [0.2, 0.25) is 0 Å². The molecule has 2 rings (SSSR count). The Bertz CT molecular complexity index is 523. The molecule has 4 nitrogen and oxygen atoms in total. The fourth-order valence-corrected chi connectivity index (χ4v) is 1.44. The minimum absolute atomic E-state index is 0.113. The SMILES string of the molecule is C[C@@H](O)c1ccc(Oc2cnn(C)c2)c(F)c1. The second-order valence-corrected chi connectivity index (χ2v) is 3.82. The first-order valence-electron chi connectivity index (χ1n) is 5.20. The normalized spacial score (nSPS) is 12.5. The number of benzene rings is 1. The summed E-state index contributed by atoms with van der Waals surface area (Å²) in [6.07, 6.45) is 2.45. The number of nitrogens with zero attached hydrogens (tertiary/aromatic N) is 2. The molecule has 0 unspecified atom stereocenters. The molecule has 0 saturated carbocycles. The van der Waals surface area contributed by atoms with E-state index in [2.05, 4.69) is 5.10 Å². The van der Waals surface area contributed by atoms with Gasteiger partial charge in [0.15, 0.2) is 17.3 Å². The molecule has 0 aliphatic heterocycles. The monoisotopic (exact) mass is 236 g/mol. The van der Waals surface area contributed by atoms with Gasteiger partial charge in [0.05, 0.1) is 18.5 Å². The topological polar surface area (TPSA) is 47.3 Å². The Balaban J connectivity index is 2.22. The van der Waals surface area contributed by atoms with E-state index >= 15 is 0 Å². The molecule has 1 N–H and O–H groups in total. The lowest BCUT2D eigenvalue weighted by Gasteiger charge is -2.08. The van der Waals surface area contributed by atoms with Crippen LogP contribution in [0.2, 0.25) is 0 Å². The molecule has 0 radical (unpaired) electrons. The Labute approximate surface area is 98.3 Å². The molecule has 0 aliphatic carbocycles. The minimum Gasteiger partial charge on any atom is -0.451 e. The minimum atomic E-state index is -0.697. The van der Waals surface area contributed by atoms with Crippen molar-refractivity contribution in [1.82, 2.24) is 9.78 Å². The van der Waals surface area contributed by atoms with Gasteiger partial charge in [-0.15, -0.1) is 0 Å². The first kappa shape index (κ1) is 11.6. The largest absolute Gasteiger partial charge is 0.451 e. The standard InChI is InChI=1S/C12H13FN2O2/c1-8(16)9-3-4-12(11(13)5-9)17-10-6-14-15(2)7-10/h3-8,16H,1-2H3/t8-/m1/s1. The molecule has 0 amide bonds. The van der Waals surface area contributed by atoms with Crippen molar-refractivity contribution in [3.05, 3.63) is 42.0 Å². The van der Waals surface area contributed by atoms with Gasteiger partial charge in [-0.3, -0.25) is 4.68 Å². The van der Waals surface area contributed by atoms with Crippen LogP contribution in [0.25, 0.3) is 0 Å². The van der Waals surface area contributed by atoms with Crippen LogP contribution in [0.3, 0.4) is 0 Å². The second-order valence-electron chi connectivity index (χ2n) is 3.82. The Hall–Kier alpha value is -1.88. The number of aromatic nitrogens is 2. The molecule has 0 aliphatic rings. The van der Waals surface area contributed by atoms with E-state index in [-0.39, 0.29) is 5.75 Å². The summed E-state index contributed by atoms with van der Waals surface area (Å²) in [4.78, 5) is 0. The van der Waals surface area contributed by atoms with Crippen molar-refractivity contribution in [3.8, 4) is 11.5 Å². The van der Waals surface area contributed by atoms with Crippen LogP contribution in [0.15, 0.2) is 30.6 Å². The zero-order valence-electron chi connectivity index (χ0n) is 9.59. The number of aryl methyl sites for hydroxylation is 1. The number of hydrogen-bond donors (Lipinski definition) is 1. The Morgan fingerprint density at radius 3 is 2.76 bits per heavy atom. The van der Waals surface area contributed by atoms with Crippen molar-refractivity contribution in [3.63, 3.8) is 0 Å². The van der Waals surface area contributed by atoms with E-state index in [1.165, 1.54) is 18.3 Å². The molecule has 0 bridgehead atoms. The van der Waals surface area contributed by atoms with E-state index < -0.39 is 11.9 Å². The predicted molar refractivity (Wildman–Crippen MR) is 60.3 cm³/mol. The third kappa shape index (κ3) is 2.62. The average Bonchev–Trinajstić information content (AvgIpc) is 2.67. The van der Waals surface area contributed by atoms with Crippen molar-refractivity contribution in [2.75, 3.05) is 0 Å². The van der Waals surface area contributed by atoms with Crippen molar-refractivity contribution in [2.45, 2.75) is 13.0 Å². The van der Waals surface area contributed by atoms with Crippen LogP contribution in [0, 0.1) is 5.82 Å². The number of rotatable bonds is 3. The predicted octanol–water partition coefficient (Wildman–Crippen LogP) is 2.40. The van der Waals surface area contributed by atoms with Gasteiger partial charge in [0.1, 0.15) is 0 Å². The van der Waals surface area contributed by atoms with Crippen molar-refractivity contribution < 1.29 is 14.2 Å². The van der Waals surface area contributed by atoms with Gasteiger partial charge in [0.25, 0.3) is 0 Å². The molecule has 90 valence electrons. The number of aliphatic hydroxyl groups excluding tert-OH is 1. The summed E-state index contributed by atoms with van der Waals surface area (Å²) < 4.78 is 20.5. The average molecular weight is 236 g/mol. The molecule has 2 aromatic rings. The smallest absolute Gasteiger partial charge is 0.166 e. The van der Waals surface area contributed by atoms with Crippen LogP contribution in [-0.2, 0) is 7.05 Å². The first-order chi connectivity index (χ1) is 8.06. The van der Waals surface area contributed by atoms with Crippen LogP contribution in [0.4, 0.5) is 4.39 Å². The summed E-state index contributed by atoms with van der Waals surface area (Å²) in [5.74, 6) is 0.0749. The van der Waals surface area contributed by atoms with Gasteiger partial charge in [0, 0.05) is 7.05 Å². The van der Waals surface area contributed by atoms with Crippen LogP contribution in [0.1, 0.15) is 18.6 Å². The van der Waals surface area contributed by atoms with E-state index in [4.69, 9.17) is 4.74 Å². The highest BCUT2D eigenvalue weighted by atomic mass is 19.1. The van der Waals surface area contributed by atoms with Crippen LogP contribution < -0.4 is 4.74 Å². The van der Waals surface area contributed by atoms with Crippen molar-refractivity contribution in [2.24, 2.45) is 7.05 Å². The summed E-state index contributed by atoms with van der Waals surface area (Å²) in [6.45, 7) is 1.58. The van der Waals surface area contributed by atoms with E-state index in [0.29, 0.717) is 11.3 Å². The summed E-state index contributed by atoms with van der Waals surface area (Å²) in [5.41, 5.74) is 0.515. The van der Waals surface area contributed by atoms with Gasteiger partial charge in [-0.1, -0.05) is 6.07 Å². The lowest BCUT2D eigenvalue weighted by Crippen LogP contribution is -1.94. The molecule has 1 heterocycles. The van der Waals surface area contributed by atoms with Crippen molar-refractivity contribution in [1.29, 1.82) is 0 Å². The third-order valence-corrected chi connectivity index (χ3v) is 2.35. The number of halogens is 1.